The third-order valence-corrected chi connectivity index (χ3v) is 5.78. The van der Waals surface area contributed by atoms with Gasteiger partial charge in [-0.15, -0.1) is 11.3 Å². The molecule has 0 radical (unpaired) electrons. The number of benzene rings is 3. The molecule has 0 unspecified atom stereocenters. The van der Waals surface area contributed by atoms with E-state index in [0.717, 1.165) is 0 Å². The van der Waals surface area contributed by atoms with Crippen LogP contribution >= 0.6 is 11.3 Å². The minimum atomic E-state index is 0.219. The van der Waals surface area contributed by atoms with Gasteiger partial charge >= 0.3 is 0 Å². The molecule has 0 atom stereocenters. The Morgan fingerprint density at radius 1 is 0.652 bits per heavy atom. The molecular weight excluding hydrogens is 300 g/mol. The fourth-order valence-corrected chi connectivity index (χ4v) is 4.59. The lowest BCUT2D eigenvalue weighted by molar-refractivity contribution is 0.205. The highest BCUT2D eigenvalue weighted by atomic mass is 32.1. The number of fused-ring (bicyclic) bond motifs is 3. The number of hydrogen-bond donors (Lipinski definition) is 2. The van der Waals surface area contributed by atoms with Gasteiger partial charge in [0.15, 0.2) is 0 Å². The zero-order valence-electron chi connectivity index (χ0n) is 12.5. The van der Waals surface area contributed by atoms with Gasteiger partial charge in [0.1, 0.15) is 0 Å². The van der Waals surface area contributed by atoms with Gasteiger partial charge in [-0.05, 0) is 11.6 Å². The summed E-state index contributed by atoms with van der Waals surface area (Å²) in [5.74, 6) is 0. The van der Waals surface area contributed by atoms with Crippen LogP contribution in [0, 0.1) is 0 Å². The standard InChI is InChI=1S/C20H16N2S/c1-2-7-13(8-3-1)19-21-20(22-19)16-11-6-10-15-14-9-4-5-12-17(14)23-18(15)16/h1-12,19-22H. The van der Waals surface area contributed by atoms with E-state index in [4.69, 9.17) is 0 Å². The second kappa shape index (κ2) is 5.17. The van der Waals surface area contributed by atoms with Crippen molar-refractivity contribution in [1.29, 1.82) is 0 Å². The smallest absolute Gasteiger partial charge is 0.0878 e. The molecule has 4 aromatic rings. The third kappa shape index (κ3) is 2.09. The van der Waals surface area contributed by atoms with Crippen molar-refractivity contribution in [2.75, 3.05) is 0 Å². The fraction of sp³-hybridized carbons (Fsp3) is 0.100. The van der Waals surface area contributed by atoms with E-state index >= 15 is 0 Å². The lowest BCUT2D eigenvalue weighted by atomic mass is 10.0. The Labute approximate surface area is 138 Å². The molecule has 1 saturated heterocycles. The van der Waals surface area contributed by atoms with Crippen molar-refractivity contribution >= 4 is 31.5 Å². The van der Waals surface area contributed by atoms with Crippen LogP contribution in [0.5, 0.6) is 0 Å². The topological polar surface area (TPSA) is 24.1 Å². The average Bonchev–Trinajstić information content (AvgIpc) is 2.94. The molecule has 2 nitrogen and oxygen atoms in total. The molecule has 112 valence electrons. The van der Waals surface area contributed by atoms with E-state index in [9.17, 15) is 0 Å². The molecule has 0 amide bonds. The highest BCUT2D eigenvalue weighted by molar-refractivity contribution is 7.26. The zero-order valence-corrected chi connectivity index (χ0v) is 13.3. The first-order valence-corrected chi connectivity index (χ1v) is 8.69. The summed E-state index contributed by atoms with van der Waals surface area (Å²) in [6.07, 6.45) is 0.461. The molecule has 1 fully saturated rings. The van der Waals surface area contributed by atoms with Crippen LogP contribution in [0.25, 0.3) is 20.2 Å². The van der Waals surface area contributed by atoms with Gasteiger partial charge in [0.25, 0.3) is 0 Å². The Hall–Kier alpha value is -2.20. The summed E-state index contributed by atoms with van der Waals surface area (Å²) in [6, 6.07) is 25.8. The van der Waals surface area contributed by atoms with Gasteiger partial charge in [0, 0.05) is 25.7 Å². The molecular formula is C20H16N2S. The number of thiophene rings is 1. The van der Waals surface area contributed by atoms with Crippen molar-refractivity contribution in [3.05, 3.63) is 83.9 Å². The van der Waals surface area contributed by atoms with Gasteiger partial charge < -0.3 is 0 Å². The fourth-order valence-electron chi connectivity index (χ4n) is 3.35. The molecule has 1 aliphatic heterocycles. The van der Waals surface area contributed by atoms with Gasteiger partial charge in [-0.25, -0.2) is 0 Å². The van der Waals surface area contributed by atoms with Crippen molar-refractivity contribution in [2.45, 2.75) is 12.3 Å². The molecule has 2 N–H and O–H groups in total. The van der Waals surface area contributed by atoms with Crippen LogP contribution in [-0.2, 0) is 0 Å². The van der Waals surface area contributed by atoms with Crippen molar-refractivity contribution in [1.82, 2.24) is 10.6 Å². The SMILES string of the molecule is c1ccc(C2NC(c3cccc4c3sc3ccccc34)N2)cc1. The Kier molecular flexibility index (Phi) is 2.98. The zero-order chi connectivity index (χ0) is 15.2. The summed E-state index contributed by atoms with van der Waals surface area (Å²) >= 11 is 1.88. The van der Waals surface area contributed by atoms with Crippen LogP contribution in [-0.4, -0.2) is 0 Å². The monoisotopic (exact) mass is 316 g/mol. The number of nitrogens with one attached hydrogen (secondary N) is 2. The first-order chi connectivity index (χ1) is 11.4. The summed E-state index contributed by atoms with van der Waals surface area (Å²) < 4.78 is 2.74. The summed E-state index contributed by atoms with van der Waals surface area (Å²) in [7, 11) is 0. The summed E-state index contributed by atoms with van der Waals surface area (Å²) in [5, 5.41) is 10.0. The van der Waals surface area contributed by atoms with E-state index in [2.05, 4.69) is 83.4 Å². The first kappa shape index (κ1) is 13.3. The van der Waals surface area contributed by atoms with E-state index in [-0.39, 0.29) is 12.3 Å². The molecule has 0 bridgehead atoms. The number of rotatable bonds is 2. The van der Waals surface area contributed by atoms with Crippen molar-refractivity contribution in [3.63, 3.8) is 0 Å². The van der Waals surface area contributed by atoms with E-state index < -0.39 is 0 Å². The van der Waals surface area contributed by atoms with Gasteiger partial charge in [-0.1, -0.05) is 66.7 Å². The molecule has 1 aromatic heterocycles. The predicted octanol–water partition coefficient (Wildman–Crippen LogP) is 4.94. The second-order valence-corrected chi connectivity index (χ2v) is 6.98. The maximum atomic E-state index is 3.64. The molecule has 3 heteroatoms. The quantitative estimate of drug-likeness (QED) is 0.547. The summed E-state index contributed by atoms with van der Waals surface area (Å²) in [6.45, 7) is 0. The van der Waals surface area contributed by atoms with E-state index in [1.54, 1.807) is 0 Å². The number of hydrogen-bond acceptors (Lipinski definition) is 3. The minimum absolute atomic E-state index is 0.219. The summed E-state index contributed by atoms with van der Waals surface area (Å²) in [5.41, 5.74) is 2.63. The minimum Gasteiger partial charge on any atom is -0.279 e. The highest BCUT2D eigenvalue weighted by Gasteiger charge is 2.30. The van der Waals surface area contributed by atoms with Gasteiger partial charge in [0.05, 0.1) is 12.3 Å². The van der Waals surface area contributed by atoms with E-state index in [1.165, 1.54) is 31.3 Å². The Morgan fingerprint density at radius 2 is 1.39 bits per heavy atom. The molecule has 0 spiro atoms. The molecule has 2 heterocycles. The van der Waals surface area contributed by atoms with E-state index in [1.807, 2.05) is 11.3 Å². The molecule has 0 saturated carbocycles. The predicted molar refractivity (Wildman–Crippen MR) is 97.5 cm³/mol. The van der Waals surface area contributed by atoms with Gasteiger partial charge in [-0.2, -0.15) is 0 Å². The van der Waals surface area contributed by atoms with Crippen LogP contribution in [0.15, 0.2) is 72.8 Å². The van der Waals surface area contributed by atoms with Crippen molar-refractivity contribution < 1.29 is 0 Å². The van der Waals surface area contributed by atoms with Crippen molar-refractivity contribution in [2.24, 2.45) is 0 Å². The highest BCUT2D eigenvalue weighted by Crippen LogP contribution is 2.39. The normalized spacial score (nSPS) is 20.7. The average molecular weight is 316 g/mol. The van der Waals surface area contributed by atoms with Crippen LogP contribution in [0.3, 0.4) is 0 Å². The molecule has 23 heavy (non-hydrogen) atoms. The van der Waals surface area contributed by atoms with Crippen LogP contribution in [0.2, 0.25) is 0 Å². The molecule has 3 aromatic carbocycles. The molecule has 5 rings (SSSR count). The largest absolute Gasteiger partial charge is 0.279 e. The van der Waals surface area contributed by atoms with E-state index in [0.29, 0.717) is 0 Å². The lowest BCUT2D eigenvalue weighted by Gasteiger charge is -2.39. The maximum Gasteiger partial charge on any atom is 0.0878 e. The lowest BCUT2D eigenvalue weighted by Crippen LogP contribution is -2.54. The third-order valence-electron chi connectivity index (χ3n) is 4.55. The Balaban J connectivity index is 1.52. The Bertz CT molecular complexity index is 984. The van der Waals surface area contributed by atoms with Crippen LogP contribution in [0.1, 0.15) is 23.5 Å². The van der Waals surface area contributed by atoms with Crippen LogP contribution in [0.4, 0.5) is 0 Å². The molecule has 1 aliphatic rings. The second-order valence-electron chi connectivity index (χ2n) is 5.93. The maximum absolute atomic E-state index is 3.64. The van der Waals surface area contributed by atoms with Crippen LogP contribution < -0.4 is 10.6 Å². The first-order valence-electron chi connectivity index (χ1n) is 7.87. The Morgan fingerprint density at radius 3 is 2.26 bits per heavy atom. The summed E-state index contributed by atoms with van der Waals surface area (Å²) in [4.78, 5) is 0. The van der Waals surface area contributed by atoms with Gasteiger partial charge in [0.2, 0.25) is 0 Å². The molecule has 0 aliphatic carbocycles. The van der Waals surface area contributed by atoms with Crippen molar-refractivity contribution in [3.8, 4) is 0 Å². The van der Waals surface area contributed by atoms with Gasteiger partial charge in [-0.3, -0.25) is 10.6 Å².